The van der Waals surface area contributed by atoms with Crippen LogP contribution in [0.1, 0.15) is 6.92 Å². The summed E-state index contributed by atoms with van der Waals surface area (Å²) in [6.45, 7) is 1.65. The SMILES string of the molecule is C#CC.CN(C)C=O. The van der Waals surface area contributed by atoms with E-state index in [1.54, 1.807) is 21.0 Å². The van der Waals surface area contributed by atoms with Gasteiger partial charge in [0.1, 0.15) is 0 Å². The van der Waals surface area contributed by atoms with Gasteiger partial charge in [-0.15, -0.1) is 12.3 Å². The molecule has 0 aromatic rings. The quantitative estimate of drug-likeness (QED) is 0.355. The molecule has 0 bridgehead atoms. The van der Waals surface area contributed by atoms with Crippen molar-refractivity contribution in [3.05, 3.63) is 0 Å². The van der Waals surface area contributed by atoms with E-state index < -0.39 is 0 Å². The second-order valence-corrected chi connectivity index (χ2v) is 1.36. The van der Waals surface area contributed by atoms with Crippen LogP contribution >= 0.6 is 0 Å². The highest BCUT2D eigenvalue weighted by Gasteiger charge is 1.68. The largest absolute Gasteiger partial charge is 0.351 e. The number of amides is 1. The molecule has 0 heterocycles. The van der Waals surface area contributed by atoms with E-state index in [1.807, 2.05) is 0 Å². The number of carbonyl (C=O) groups is 1. The zero-order chi connectivity index (χ0) is 6.99. The van der Waals surface area contributed by atoms with Crippen LogP contribution in [0.15, 0.2) is 0 Å². The van der Waals surface area contributed by atoms with Crippen molar-refractivity contribution in [1.29, 1.82) is 0 Å². The zero-order valence-corrected chi connectivity index (χ0v) is 5.51. The van der Waals surface area contributed by atoms with Crippen LogP contribution in [-0.2, 0) is 4.79 Å². The van der Waals surface area contributed by atoms with Crippen LogP contribution in [0.25, 0.3) is 0 Å². The minimum atomic E-state index is 0.750. The minimum absolute atomic E-state index is 0.750. The van der Waals surface area contributed by atoms with Crippen LogP contribution in [0.5, 0.6) is 0 Å². The topological polar surface area (TPSA) is 20.3 Å². The predicted molar refractivity (Wildman–Crippen MR) is 34.3 cm³/mol. The first kappa shape index (κ1) is 10.1. The lowest BCUT2D eigenvalue weighted by Crippen LogP contribution is -2.06. The Labute approximate surface area is 50.5 Å². The standard InChI is InChI=1S/C3H7NO.C3H4/c1-4(2)3-5;1-3-2/h3H,1-2H3;1H,2H3. The van der Waals surface area contributed by atoms with Gasteiger partial charge in [-0.2, -0.15) is 0 Å². The fourth-order valence-electron chi connectivity index (χ4n) is 0. The van der Waals surface area contributed by atoms with Gasteiger partial charge in [-0.1, -0.05) is 0 Å². The maximum absolute atomic E-state index is 9.43. The fourth-order valence-corrected chi connectivity index (χ4v) is 0. The summed E-state index contributed by atoms with van der Waals surface area (Å²) >= 11 is 0. The number of carbonyl (C=O) groups excluding carboxylic acids is 1. The number of nitrogens with zero attached hydrogens (tertiary/aromatic N) is 1. The molecule has 0 radical (unpaired) electrons. The molecule has 2 nitrogen and oxygen atoms in total. The van der Waals surface area contributed by atoms with Crippen molar-refractivity contribution in [2.24, 2.45) is 0 Å². The number of rotatable bonds is 1. The molecular weight excluding hydrogens is 102 g/mol. The van der Waals surface area contributed by atoms with Crippen molar-refractivity contribution in [2.75, 3.05) is 14.1 Å². The fraction of sp³-hybridized carbons (Fsp3) is 0.500. The van der Waals surface area contributed by atoms with E-state index in [1.165, 1.54) is 4.90 Å². The summed E-state index contributed by atoms with van der Waals surface area (Å²) in [6.07, 6.45) is 5.35. The molecule has 0 rings (SSSR count). The molecule has 0 N–H and O–H groups in total. The first-order chi connectivity index (χ1) is 3.68. The van der Waals surface area contributed by atoms with Crippen molar-refractivity contribution in [2.45, 2.75) is 6.92 Å². The van der Waals surface area contributed by atoms with E-state index in [0.717, 1.165) is 6.41 Å². The number of hydrogen-bond donors (Lipinski definition) is 0. The van der Waals surface area contributed by atoms with Gasteiger partial charge in [0.2, 0.25) is 6.41 Å². The Morgan fingerprint density at radius 1 is 1.62 bits per heavy atom. The molecular formula is C6H11NO. The summed E-state index contributed by atoms with van der Waals surface area (Å²) in [7, 11) is 3.38. The highest BCUT2D eigenvalue weighted by Crippen LogP contribution is 1.52. The third kappa shape index (κ3) is 77.0. The first-order valence-electron chi connectivity index (χ1n) is 2.18. The molecule has 0 fully saturated rings. The molecule has 8 heavy (non-hydrogen) atoms. The smallest absolute Gasteiger partial charge is 0.209 e. The monoisotopic (exact) mass is 113 g/mol. The van der Waals surface area contributed by atoms with Gasteiger partial charge in [0.05, 0.1) is 0 Å². The van der Waals surface area contributed by atoms with Crippen molar-refractivity contribution < 1.29 is 4.79 Å². The molecule has 46 valence electrons. The zero-order valence-electron chi connectivity index (χ0n) is 5.51. The van der Waals surface area contributed by atoms with Crippen LogP contribution < -0.4 is 0 Å². The molecule has 0 aliphatic heterocycles. The summed E-state index contributed by atoms with van der Waals surface area (Å²) in [6, 6.07) is 0. The molecule has 0 spiro atoms. The molecule has 0 aromatic heterocycles. The maximum Gasteiger partial charge on any atom is 0.209 e. The molecule has 0 aliphatic carbocycles. The average Bonchev–Trinajstić information content (AvgIpc) is 1.69. The Morgan fingerprint density at radius 3 is 1.75 bits per heavy atom. The van der Waals surface area contributed by atoms with Gasteiger partial charge in [-0.05, 0) is 6.92 Å². The van der Waals surface area contributed by atoms with Gasteiger partial charge in [-0.25, -0.2) is 0 Å². The van der Waals surface area contributed by atoms with Gasteiger partial charge in [0.15, 0.2) is 0 Å². The average molecular weight is 113 g/mol. The summed E-state index contributed by atoms with van der Waals surface area (Å²) < 4.78 is 0. The first-order valence-corrected chi connectivity index (χ1v) is 2.18. The van der Waals surface area contributed by atoms with Crippen molar-refractivity contribution in [3.63, 3.8) is 0 Å². The van der Waals surface area contributed by atoms with Crippen LogP contribution in [0, 0.1) is 12.3 Å². The third-order valence-electron chi connectivity index (χ3n) is 0.211. The van der Waals surface area contributed by atoms with Crippen LogP contribution in [0.2, 0.25) is 0 Å². The van der Waals surface area contributed by atoms with Crippen LogP contribution in [-0.4, -0.2) is 25.4 Å². The minimum Gasteiger partial charge on any atom is -0.351 e. The Bertz CT molecular complexity index is 81.0. The third-order valence-corrected chi connectivity index (χ3v) is 0.211. The normalized spacial score (nSPS) is 5.25. The van der Waals surface area contributed by atoms with E-state index >= 15 is 0 Å². The van der Waals surface area contributed by atoms with E-state index in [0.29, 0.717) is 0 Å². The summed E-state index contributed by atoms with van der Waals surface area (Å²) in [5, 5.41) is 0. The lowest BCUT2D eigenvalue weighted by molar-refractivity contribution is -0.115. The van der Waals surface area contributed by atoms with Gasteiger partial charge in [0.25, 0.3) is 0 Å². The lowest BCUT2D eigenvalue weighted by atomic mass is 10.9. The molecule has 0 saturated carbocycles. The Hall–Kier alpha value is -0.970. The van der Waals surface area contributed by atoms with Crippen LogP contribution in [0.3, 0.4) is 0 Å². The summed E-state index contributed by atoms with van der Waals surface area (Å²) in [5.41, 5.74) is 0. The lowest BCUT2D eigenvalue weighted by Gasteiger charge is -1.93. The Morgan fingerprint density at radius 2 is 1.75 bits per heavy atom. The molecule has 0 aromatic carbocycles. The second kappa shape index (κ2) is 9.39. The molecule has 0 unspecified atom stereocenters. The van der Waals surface area contributed by atoms with Crippen molar-refractivity contribution >= 4 is 6.41 Å². The molecule has 0 atom stereocenters. The highest BCUT2D eigenvalue weighted by molar-refractivity contribution is 5.45. The molecule has 1 amide bonds. The molecule has 0 saturated heterocycles. The van der Waals surface area contributed by atoms with Crippen molar-refractivity contribution in [3.8, 4) is 12.3 Å². The molecule has 0 aliphatic rings. The van der Waals surface area contributed by atoms with Gasteiger partial charge < -0.3 is 4.90 Å². The number of hydrogen-bond acceptors (Lipinski definition) is 1. The highest BCUT2D eigenvalue weighted by atomic mass is 16.1. The van der Waals surface area contributed by atoms with Crippen molar-refractivity contribution in [1.82, 2.24) is 4.90 Å². The Kier molecular flexibility index (Phi) is 11.9. The second-order valence-electron chi connectivity index (χ2n) is 1.36. The van der Waals surface area contributed by atoms with E-state index in [-0.39, 0.29) is 0 Å². The van der Waals surface area contributed by atoms with Gasteiger partial charge >= 0.3 is 0 Å². The summed E-state index contributed by atoms with van der Waals surface area (Å²) in [5.74, 6) is 2.25. The van der Waals surface area contributed by atoms with E-state index in [4.69, 9.17) is 0 Å². The Balaban J connectivity index is 0. The van der Waals surface area contributed by atoms with E-state index in [9.17, 15) is 4.79 Å². The van der Waals surface area contributed by atoms with E-state index in [2.05, 4.69) is 12.3 Å². The van der Waals surface area contributed by atoms with Crippen LogP contribution in [0.4, 0.5) is 0 Å². The molecule has 2 heteroatoms. The maximum atomic E-state index is 9.43. The summed E-state index contributed by atoms with van der Waals surface area (Å²) in [4.78, 5) is 10.9. The van der Waals surface area contributed by atoms with Gasteiger partial charge in [0, 0.05) is 14.1 Å². The number of terminal acetylenes is 1. The van der Waals surface area contributed by atoms with Gasteiger partial charge in [-0.3, -0.25) is 4.79 Å². The predicted octanol–water partition coefficient (Wildman–Crippen LogP) is 0.344.